The van der Waals surface area contributed by atoms with Crippen LogP contribution in [0.5, 0.6) is 0 Å². The van der Waals surface area contributed by atoms with E-state index in [9.17, 15) is 4.79 Å². The van der Waals surface area contributed by atoms with Crippen LogP contribution in [0.25, 0.3) is 6.08 Å². The van der Waals surface area contributed by atoms with Gasteiger partial charge in [-0.1, -0.05) is 60.7 Å². The zero-order valence-corrected chi connectivity index (χ0v) is 11.5. The highest BCUT2D eigenvalue weighted by Crippen LogP contribution is 2.21. The Labute approximate surface area is 123 Å². The van der Waals surface area contributed by atoms with Crippen LogP contribution < -0.4 is 5.32 Å². The number of benzene rings is 2. The van der Waals surface area contributed by atoms with Crippen molar-refractivity contribution in [3.63, 3.8) is 0 Å². The minimum atomic E-state index is -0.340. The van der Waals surface area contributed by atoms with E-state index >= 15 is 0 Å². The number of hydrogen-bond donors (Lipinski definition) is 1. The molecule has 0 saturated heterocycles. The van der Waals surface area contributed by atoms with Gasteiger partial charge in [-0.15, -0.1) is 0 Å². The molecule has 0 aliphatic carbocycles. The van der Waals surface area contributed by atoms with Gasteiger partial charge in [0.15, 0.2) is 5.76 Å². The van der Waals surface area contributed by atoms with Crippen molar-refractivity contribution in [3.05, 3.63) is 89.3 Å². The predicted octanol–water partition coefficient (Wildman–Crippen LogP) is 3.26. The maximum Gasteiger partial charge on any atom is 0.338 e. The maximum atomic E-state index is 11.5. The van der Waals surface area contributed by atoms with Gasteiger partial charge < -0.3 is 10.1 Å². The second-order valence-corrected chi connectivity index (χ2v) is 4.74. The quantitative estimate of drug-likeness (QED) is 0.872. The molecule has 0 saturated carbocycles. The second kappa shape index (κ2) is 6.09. The van der Waals surface area contributed by atoms with Crippen LogP contribution in [-0.4, -0.2) is 5.97 Å². The third-order valence-electron chi connectivity index (χ3n) is 3.16. The van der Waals surface area contributed by atoms with E-state index in [1.54, 1.807) is 0 Å². The van der Waals surface area contributed by atoms with Crippen LogP contribution in [-0.2, 0) is 16.1 Å². The molecule has 0 aromatic heterocycles. The van der Waals surface area contributed by atoms with E-state index in [1.165, 1.54) is 6.08 Å². The highest BCUT2D eigenvalue weighted by Gasteiger charge is 2.19. The van der Waals surface area contributed by atoms with Crippen LogP contribution in [0, 0.1) is 0 Å². The highest BCUT2D eigenvalue weighted by atomic mass is 16.5. The van der Waals surface area contributed by atoms with Crippen molar-refractivity contribution in [1.29, 1.82) is 0 Å². The molecule has 0 spiro atoms. The molecule has 3 nitrogen and oxygen atoms in total. The van der Waals surface area contributed by atoms with Crippen LogP contribution >= 0.6 is 0 Å². The number of rotatable bonds is 4. The number of carbonyl (C=O) groups excluding carboxylic acids is 1. The molecule has 1 N–H and O–H groups in total. The smallest absolute Gasteiger partial charge is 0.338 e. The Balaban J connectivity index is 1.75. The normalized spacial score (nSPS) is 15.7. The van der Waals surface area contributed by atoms with Gasteiger partial charge in [0.25, 0.3) is 0 Å². The number of hydrogen-bond acceptors (Lipinski definition) is 3. The Morgan fingerprint density at radius 2 is 1.62 bits per heavy atom. The molecule has 104 valence electrons. The lowest BCUT2D eigenvalue weighted by Gasteiger charge is -2.08. The summed E-state index contributed by atoms with van der Waals surface area (Å²) in [6.07, 6.45) is 3.34. The Morgan fingerprint density at radius 1 is 0.952 bits per heavy atom. The fourth-order valence-electron chi connectivity index (χ4n) is 2.12. The molecule has 0 amide bonds. The molecule has 3 rings (SSSR count). The summed E-state index contributed by atoms with van der Waals surface area (Å²) >= 11 is 0. The molecule has 0 bridgehead atoms. The van der Waals surface area contributed by atoms with Gasteiger partial charge in [0.05, 0.1) is 11.8 Å². The predicted molar refractivity (Wildman–Crippen MR) is 81.9 cm³/mol. The summed E-state index contributed by atoms with van der Waals surface area (Å²) in [5.41, 5.74) is 2.86. The zero-order valence-electron chi connectivity index (χ0n) is 11.5. The minimum absolute atomic E-state index is 0.340. The van der Waals surface area contributed by atoms with Crippen molar-refractivity contribution >= 4 is 12.0 Å². The molecule has 0 atom stereocenters. The molecule has 1 heterocycles. The first kappa shape index (κ1) is 13.2. The minimum Gasteiger partial charge on any atom is -0.421 e. The van der Waals surface area contributed by atoms with Gasteiger partial charge in [-0.05, 0) is 17.2 Å². The topological polar surface area (TPSA) is 38.3 Å². The van der Waals surface area contributed by atoms with Gasteiger partial charge in [-0.3, -0.25) is 0 Å². The van der Waals surface area contributed by atoms with Crippen LogP contribution in [0.4, 0.5) is 0 Å². The molecule has 1 aliphatic heterocycles. The summed E-state index contributed by atoms with van der Waals surface area (Å²) in [5.74, 6) is 0.217. The fourth-order valence-corrected chi connectivity index (χ4v) is 2.12. The van der Waals surface area contributed by atoms with Gasteiger partial charge in [0.2, 0.25) is 0 Å². The summed E-state index contributed by atoms with van der Waals surface area (Å²) in [6.45, 7) is 0.648. The third-order valence-corrected chi connectivity index (χ3v) is 3.16. The lowest BCUT2D eigenvalue weighted by molar-refractivity contribution is -0.132. The fraction of sp³-hybridized carbons (Fsp3) is 0.0556. The van der Waals surface area contributed by atoms with E-state index in [0.717, 1.165) is 11.1 Å². The van der Waals surface area contributed by atoms with Crippen molar-refractivity contribution in [2.75, 3.05) is 0 Å². The summed E-state index contributed by atoms with van der Waals surface area (Å²) in [5, 5.41) is 3.25. The highest BCUT2D eigenvalue weighted by molar-refractivity contribution is 5.89. The molecule has 2 aromatic carbocycles. The largest absolute Gasteiger partial charge is 0.421 e. The molecule has 0 fully saturated rings. The SMILES string of the molecule is O=C1C=C(NCc2ccccc2)/C(=C/c2ccccc2)O1. The van der Waals surface area contributed by atoms with Gasteiger partial charge >= 0.3 is 5.97 Å². The monoisotopic (exact) mass is 277 g/mol. The average Bonchev–Trinajstić information content (AvgIpc) is 2.87. The van der Waals surface area contributed by atoms with Crippen LogP contribution in [0.1, 0.15) is 11.1 Å². The van der Waals surface area contributed by atoms with E-state index < -0.39 is 0 Å². The molecular weight excluding hydrogens is 262 g/mol. The molecule has 0 radical (unpaired) electrons. The van der Waals surface area contributed by atoms with Crippen LogP contribution in [0.2, 0.25) is 0 Å². The molecule has 21 heavy (non-hydrogen) atoms. The molecule has 2 aromatic rings. The van der Waals surface area contributed by atoms with Gasteiger partial charge in [-0.2, -0.15) is 0 Å². The van der Waals surface area contributed by atoms with E-state index in [-0.39, 0.29) is 5.97 Å². The lowest BCUT2D eigenvalue weighted by Crippen LogP contribution is -2.12. The Hall–Kier alpha value is -2.81. The number of cyclic esters (lactones) is 1. The molecule has 1 aliphatic rings. The number of nitrogens with one attached hydrogen (secondary N) is 1. The van der Waals surface area contributed by atoms with Crippen LogP contribution in [0.3, 0.4) is 0 Å². The number of ether oxygens (including phenoxy) is 1. The van der Waals surface area contributed by atoms with Crippen molar-refractivity contribution < 1.29 is 9.53 Å². The van der Waals surface area contributed by atoms with Gasteiger partial charge in [-0.25, -0.2) is 4.79 Å². The van der Waals surface area contributed by atoms with Gasteiger partial charge in [0.1, 0.15) is 0 Å². The average molecular weight is 277 g/mol. The molecule has 3 heteroatoms. The molecule has 0 unspecified atom stereocenters. The third kappa shape index (κ3) is 3.39. The Bertz CT molecular complexity index is 688. The summed E-state index contributed by atoms with van der Waals surface area (Å²) in [7, 11) is 0. The van der Waals surface area contributed by atoms with Crippen LogP contribution in [0.15, 0.2) is 78.2 Å². The summed E-state index contributed by atoms with van der Waals surface area (Å²) < 4.78 is 5.23. The first-order chi connectivity index (χ1) is 10.3. The van der Waals surface area contributed by atoms with Crippen molar-refractivity contribution in [2.24, 2.45) is 0 Å². The Kier molecular flexibility index (Phi) is 3.83. The maximum absolute atomic E-state index is 11.5. The van der Waals surface area contributed by atoms with Gasteiger partial charge in [0, 0.05) is 6.54 Å². The van der Waals surface area contributed by atoms with Crippen molar-refractivity contribution in [3.8, 4) is 0 Å². The second-order valence-electron chi connectivity index (χ2n) is 4.74. The Morgan fingerprint density at radius 3 is 2.33 bits per heavy atom. The lowest BCUT2D eigenvalue weighted by atomic mass is 10.2. The first-order valence-electron chi connectivity index (χ1n) is 6.80. The zero-order chi connectivity index (χ0) is 14.5. The van der Waals surface area contributed by atoms with Crippen molar-refractivity contribution in [2.45, 2.75) is 6.54 Å². The van der Waals surface area contributed by atoms with E-state index in [2.05, 4.69) is 5.32 Å². The van der Waals surface area contributed by atoms with Crippen molar-refractivity contribution in [1.82, 2.24) is 5.32 Å². The van der Waals surface area contributed by atoms with E-state index in [0.29, 0.717) is 18.0 Å². The first-order valence-corrected chi connectivity index (χ1v) is 6.80. The van der Waals surface area contributed by atoms with E-state index in [1.807, 2.05) is 66.7 Å². The standard InChI is InChI=1S/C18H15NO2/c20-18-12-16(19-13-15-9-5-2-6-10-15)17(21-18)11-14-7-3-1-4-8-14/h1-12,19H,13H2/b17-11-. The molecular formula is C18H15NO2. The van der Waals surface area contributed by atoms with E-state index in [4.69, 9.17) is 4.74 Å². The summed E-state index contributed by atoms with van der Waals surface area (Å²) in [6, 6.07) is 19.8. The number of esters is 1. The number of carbonyl (C=O) groups is 1. The summed E-state index contributed by atoms with van der Waals surface area (Å²) in [4.78, 5) is 11.5.